The van der Waals surface area contributed by atoms with Crippen LogP contribution in [0, 0.1) is 6.92 Å². The van der Waals surface area contributed by atoms with Crippen molar-refractivity contribution in [2.24, 2.45) is 0 Å². The van der Waals surface area contributed by atoms with Crippen LogP contribution in [-0.4, -0.2) is 30.9 Å². The van der Waals surface area contributed by atoms with Crippen LogP contribution in [0.2, 0.25) is 0 Å². The maximum atomic E-state index is 13.5. The normalized spacial score (nSPS) is 13.5. The van der Waals surface area contributed by atoms with Gasteiger partial charge in [-0.1, -0.05) is 48.0 Å². The van der Waals surface area contributed by atoms with Crippen LogP contribution in [0.25, 0.3) is 5.57 Å². The zero-order chi connectivity index (χ0) is 22.7. The predicted molar refractivity (Wildman–Crippen MR) is 123 cm³/mol. The van der Waals surface area contributed by atoms with Gasteiger partial charge in [-0.05, 0) is 42.8 Å². The first kappa shape index (κ1) is 21.2. The van der Waals surface area contributed by atoms with E-state index in [0.717, 1.165) is 11.1 Å². The van der Waals surface area contributed by atoms with Gasteiger partial charge in [-0.25, -0.2) is 0 Å². The summed E-state index contributed by atoms with van der Waals surface area (Å²) in [6.45, 7) is 2.18. The minimum Gasteiger partial charge on any atom is -0.497 e. The highest BCUT2D eigenvalue weighted by Crippen LogP contribution is 2.36. The molecule has 0 bridgehead atoms. The molecule has 6 heteroatoms. The lowest BCUT2D eigenvalue weighted by atomic mass is 10.0. The number of methoxy groups -OCH3 is 2. The van der Waals surface area contributed by atoms with E-state index in [4.69, 9.17) is 9.47 Å². The molecule has 0 fully saturated rings. The second kappa shape index (κ2) is 8.98. The minimum atomic E-state index is -0.382. The lowest BCUT2D eigenvalue weighted by molar-refractivity contribution is -0.137. The quantitative estimate of drug-likeness (QED) is 0.565. The lowest BCUT2D eigenvalue weighted by Crippen LogP contribution is -2.32. The molecule has 0 spiro atoms. The summed E-state index contributed by atoms with van der Waals surface area (Å²) in [5.41, 5.74) is 3.74. The molecule has 2 amide bonds. The molecule has 32 heavy (non-hydrogen) atoms. The standard InChI is InChI=1S/C26H24N2O4/c1-17-8-10-18(11-9-17)16-28-25(29)23(21-6-4-5-7-22(21)32-3)24(26(28)30)27-19-12-14-20(31-2)15-13-19/h4-15,27H,16H2,1-3H3. The van der Waals surface area contributed by atoms with Gasteiger partial charge in [-0.15, -0.1) is 0 Å². The van der Waals surface area contributed by atoms with Crippen LogP contribution in [0.15, 0.2) is 78.5 Å². The zero-order valence-corrected chi connectivity index (χ0v) is 18.2. The van der Waals surface area contributed by atoms with Crippen LogP contribution in [0.4, 0.5) is 5.69 Å². The van der Waals surface area contributed by atoms with Crippen LogP contribution in [0.1, 0.15) is 16.7 Å². The Labute approximate surface area is 187 Å². The molecule has 0 atom stereocenters. The summed E-state index contributed by atoms with van der Waals surface area (Å²) in [6.07, 6.45) is 0. The van der Waals surface area contributed by atoms with Crippen molar-refractivity contribution in [1.82, 2.24) is 4.90 Å². The summed E-state index contributed by atoms with van der Waals surface area (Å²) in [6, 6.07) is 22.1. The number of aryl methyl sites for hydroxylation is 1. The fourth-order valence-electron chi connectivity index (χ4n) is 3.63. The van der Waals surface area contributed by atoms with E-state index in [1.54, 1.807) is 50.6 Å². The Morgan fingerprint density at radius 3 is 2.16 bits per heavy atom. The van der Waals surface area contributed by atoms with E-state index in [1.807, 2.05) is 43.3 Å². The van der Waals surface area contributed by atoms with Crippen molar-refractivity contribution >= 4 is 23.1 Å². The number of carbonyl (C=O) groups is 2. The third-order valence-corrected chi connectivity index (χ3v) is 5.36. The molecular formula is C26H24N2O4. The monoisotopic (exact) mass is 428 g/mol. The number of rotatable bonds is 7. The summed E-state index contributed by atoms with van der Waals surface area (Å²) in [5.74, 6) is 0.475. The molecule has 6 nitrogen and oxygen atoms in total. The van der Waals surface area contributed by atoms with Gasteiger partial charge >= 0.3 is 0 Å². The first-order valence-corrected chi connectivity index (χ1v) is 10.2. The van der Waals surface area contributed by atoms with Gasteiger partial charge in [0.25, 0.3) is 11.8 Å². The Morgan fingerprint density at radius 2 is 1.50 bits per heavy atom. The van der Waals surface area contributed by atoms with Crippen molar-refractivity contribution in [3.05, 3.63) is 95.2 Å². The molecule has 1 N–H and O–H groups in total. The van der Waals surface area contributed by atoms with Gasteiger partial charge in [-0.2, -0.15) is 0 Å². The summed E-state index contributed by atoms with van der Waals surface area (Å²) >= 11 is 0. The molecule has 1 aliphatic heterocycles. The fraction of sp³-hybridized carbons (Fsp3) is 0.154. The number of nitrogens with zero attached hydrogens (tertiary/aromatic N) is 1. The third kappa shape index (κ3) is 4.07. The maximum absolute atomic E-state index is 13.5. The summed E-state index contributed by atoms with van der Waals surface area (Å²) in [5, 5.41) is 3.15. The first-order chi connectivity index (χ1) is 15.5. The van der Waals surface area contributed by atoms with Crippen molar-refractivity contribution in [2.75, 3.05) is 19.5 Å². The van der Waals surface area contributed by atoms with Gasteiger partial charge in [0.15, 0.2) is 0 Å². The minimum absolute atomic E-state index is 0.185. The summed E-state index contributed by atoms with van der Waals surface area (Å²) in [4.78, 5) is 28.2. The van der Waals surface area contributed by atoms with Crippen molar-refractivity contribution in [2.45, 2.75) is 13.5 Å². The number of amides is 2. The fourth-order valence-corrected chi connectivity index (χ4v) is 3.63. The van der Waals surface area contributed by atoms with Gasteiger partial charge in [0, 0.05) is 11.3 Å². The highest BCUT2D eigenvalue weighted by Gasteiger charge is 2.40. The van der Waals surface area contributed by atoms with Crippen LogP contribution in [-0.2, 0) is 16.1 Å². The molecular weight excluding hydrogens is 404 g/mol. The molecule has 3 aromatic carbocycles. The molecule has 3 aromatic rings. The molecule has 0 saturated heterocycles. The number of para-hydroxylation sites is 1. The Bertz CT molecular complexity index is 1180. The number of anilines is 1. The van der Waals surface area contributed by atoms with Gasteiger partial charge < -0.3 is 14.8 Å². The van der Waals surface area contributed by atoms with Gasteiger partial charge in [0.2, 0.25) is 0 Å². The number of benzene rings is 3. The third-order valence-electron chi connectivity index (χ3n) is 5.36. The molecule has 1 aliphatic rings. The van der Waals surface area contributed by atoms with E-state index < -0.39 is 0 Å². The molecule has 0 aromatic heterocycles. The van der Waals surface area contributed by atoms with Crippen LogP contribution in [0.3, 0.4) is 0 Å². The number of nitrogens with one attached hydrogen (secondary N) is 1. The largest absolute Gasteiger partial charge is 0.497 e. The maximum Gasteiger partial charge on any atom is 0.278 e. The number of carbonyl (C=O) groups excluding carboxylic acids is 2. The zero-order valence-electron chi connectivity index (χ0n) is 18.2. The molecule has 0 unspecified atom stereocenters. The molecule has 0 saturated carbocycles. The molecule has 162 valence electrons. The average molecular weight is 428 g/mol. The van der Waals surface area contributed by atoms with E-state index in [2.05, 4.69) is 5.32 Å². The molecule has 4 rings (SSSR count). The Morgan fingerprint density at radius 1 is 0.812 bits per heavy atom. The van der Waals surface area contributed by atoms with E-state index >= 15 is 0 Å². The summed E-state index contributed by atoms with van der Waals surface area (Å²) < 4.78 is 10.7. The smallest absolute Gasteiger partial charge is 0.278 e. The van der Waals surface area contributed by atoms with E-state index in [9.17, 15) is 9.59 Å². The average Bonchev–Trinajstić information content (AvgIpc) is 3.05. The van der Waals surface area contributed by atoms with Crippen molar-refractivity contribution in [3.8, 4) is 11.5 Å². The number of hydrogen-bond donors (Lipinski definition) is 1. The van der Waals surface area contributed by atoms with Gasteiger partial charge in [0.1, 0.15) is 17.2 Å². The van der Waals surface area contributed by atoms with Crippen molar-refractivity contribution in [1.29, 1.82) is 0 Å². The molecule has 0 radical (unpaired) electrons. The van der Waals surface area contributed by atoms with E-state index in [1.165, 1.54) is 4.90 Å². The second-order valence-electron chi connectivity index (χ2n) is 7.49. The Hall–Kier alpha value is -4.06. The SMILES string of the molecule is COc1ccc(NC2=C(c3ccccc3OC)C(=O)N(Cc3ccc(C)cc3)C2=O)cc1. The highest BCUT2D eigenvalue weighted by atomic mass is 16.5. The number of hydrogen-bond acceptors (Lipinski definition) is 5. The Balaban J connectivity index is 1.75. The second-order valence-corrected chi connectivity index (χ2v) is 7.49. The number of imide groups is 1. The van der Waals surface area contributed by atoms with Crippen LogP contribution in [0.5, 0.6) is 11.5 Å². The topological polar surface area (TPSA) is 67.9 Å². The van der Waals surface area contributed by atoms with Crippen LogP contribution >= 0.6 is 0 Å². The van der Waals surface area contributed by atoms with E-state index in [0.29, 0.717) is 22.7 Å². The predicted octanol–water partition coefficient (Wildman–Crippen LogP) is 4.40. The van der Waals surface area contributed by atoms with Crippen molar-refractivity contribution < 1.29 is 19.1 Å². The molecule has 0 aliphatic carbocycles. The van der Waals surface area contributed by atoms with E-state index in [-0.39, 0.29) is 29.6 Å². The van der Waals surface area contributed by atoms with Gasteiger partial charge in [-0.3, -0.25) is 14.5 Å². The highest BCUT2D eigenvalue weighted by molar-refractivity contribution is 6.36. The van der Waals surface area contributed by atoms with Crippen LogP contribution < -0.4 is 14.8 Å². The first-order valence-electron chi connectivity index (χ1n) is 10.2. The Kier molecular flexibility index (Phi) is 5.94. The number of ether oxygens (including phenoxy) is 2. The van der Waals surface area contributed by atoms with Gasteiger partial charge in [0.05, 0.1) is 26.3 Å². The lowest BCUT2D eigenvalue weighted by Gasteiger charge is -2.16. The summed E-state index contributed by atoms with van der Waals surface area (Å²) in [7, 11) is 3.13. The molecule has 1 heterocycles. The van der Waals surface area contributed by atoms with Crippen molar-refractivity contribution in [3.63, 3.8) is 0 Å².